The van der Waals surface area contributed by atoms with Gasteiger partial charge in [-0.25, -0.2) is 4.98 Å². The zero-order valence-corrected chi connectivity index (χ0v) is 17.3. The number of nitrogens with zero attached hydrogens (tertiary/aromatic N) is 3. The normalized spacial score (nSPS) is 18.0. The van der Waals surface area contributed by atoms with E-state index in [4.69, 9.17) is 4.98 Å². The van der Waals surface area contributed by atoms with Crippen molar-refractivity contribution in [2.75, 3.05) is 26.7 Å². The SMILES string of the molecule is CN1CCc2nc(C3CCN(C(=O)Cc4c[nH]c5ccccc45)CC3)[nH]c(=O)c2C1. The first-order valence-corrected chi connectivity index (χ1v) is 10.7. The minimum absolute atomic E-state index is 0.000563. The van der Waals surface area contributed by atoms with Gasteiger partial charge in [0.2, 0.25) is 5.91 Å². The predicted molar refractivity (Wildman–Crippen MR) is 115 cm³/mol. The fourth-order valence-electron chi connectivity index (χ4n) is 4.73. The Labute approximate surface area is 175 Å². The van der Waals surface area contributed by atoms with Crippen molar-refractivity contribution >= 4 is 16.8 Å². The van der Waals surface area contributed by atoms with E-state index >= 15 is 0 Å². The molecule has 7 nitrogen and oxygen atoms in total. The molecule has 2 N–H and O–H groups in total. The third kappa shape index (κ3) is 3.54. The second-order valence-corrected chi connectivity index (χ2v) is 8.56. The lowest BCUT2D eigenvalue weighted by Gasteiger charge is -2.32. The average molecular weight is 406 g/mol. The molecule has 2 aliphatic heterocycles. The van der Waals surface area contributed by atoms with Crippen LogP contribution in [-0.4, -0.2) is 57.3 Å². The molecule has 1 amide bonds. The second-order valence-electron chi connectivity index (χ2n) is 8.56. The summed E-state index contributed by atoms with van der Waals surface area (Å²) in [5.74, 6) is 1.17. The molecular formula is C23H27N5O2. The van der Waals surface area contributed by atoms with Crippen molar-refractivity contribution < 1.29 is 4.79 Å². The number of rotatable bonds is 3. The number of likely N-dealkylation sites (N-methyl/N-ethyl adjacent to an activating group) is 1. The number of aromatic amines is 2. The third-order valence-corrected chi connectivity index (χ3v) is 6.53. The number of amides is 1. The summed E-state index contributed by atoms with van der Waals surface area (Å²) >= 11 is 0. The number of para-hydroxylation sites is 1. The first kappa shape index (κ1) is 19.1. The van der Waals surface area contributed by atoms with Gasteiger partial charge in [-0.3, -0.25) is 9.59 Å². The molecule has 5 rings (SSSR count). The summed E-state index contributed by atoms with van der Waals surface area (Å²) in [6.45, 7) is 3.01. The largest absolute Gasteiger partial charge is 0.361 e. The first-order chi connectivity index (χ1) is 14.6. The Morgan fingerprint density at radius 3 is 2.83 bits per heavy atom. The molecular weight excluding hydrogens is 378 g/mol. The van der Waals surface area contributed by atoms with Crippen LogP contribution in [0.3, 0.4) is 0 Å². The Balaban J connectivity index is 1.25. The van der Waals surface area contributed by atoms with Crippen LogP contribution in [0.15, 0.2) is 35.3 Å². The quantitative estimate of drug-likeness (QED) is 0.700. The number of nitrogens with one attached hydrogen (secondary N) is 2. The van der Waals surface area contributed by atoms with E-state index in [1.54, 1.807) is 0 Å². The monoisotopic (exact) mass is 405 g/mol. The van der Waals surface area contributed by atoms with E-state index in [1.165, 1.54) is 0 Å². The van der Waals surface area contributed by atoms with E-state index < -0.39 is 0 Å². The average Bonchev–Trinajstić information content (AvgIpc) is 3.17. The van der Waals surface area contributed by atoms with E-state index in [1.807, 2.05) is 36.3 Å². The summed E-state index contributed by atoms with van der Waals surface area (Å²) in [7, 11) is 2.03. The lowest BCUT2D eigenvalue weighted by Crippen LogP contribution is -2.40. The summed E-state index contributed by atoms with van der Waals surface area (Å²) < 4.78 is 0. The van der Waals surface area contributed by atoms with Gasteiger partial charge in [-0.15, -0.1) is 0 Å². The number of carbonyl (C=O) groups is 1. The Hall–Kier alpha value is -2.93. The standard InChI is InChI=1S/C23H27N5O2/c1-27-9-8-20-18(14-27)23(30)26-22(25-20)15-6-10-28(11-7-15)21(29)12-16-13-24-19-5-3-2-4-17(16)19/h2-5,13,15,24H,6-12,14H2,1H3,(H,25,26,30). The smallest absolute Gasteiger partial charge is 0.255 e. The maximum absolute atomic E-state index is 12.9. The summed E-state index contributed by atoms with van der Waals surface area (Å²) in [5, 5.41) is 1.11. The first-order valence-electron chi connectivity index (χ1n) is 10.7. The van der Waals surface area contributed by atoms with E-state index in [0.29, 0.717) is 26.1 Å². The summed E-state index contributed by atoms with van der Waals surface area (Å²) in [6, 6.07) is 8.07. The van der Waals surface area contributed by atoms with Gasteiger partial charge in [0.1, 0.15) is 5.82 Å². The van der Waals surface area contributed by atoms with Crippen LogP contribution in [0.2, 0.25) is 0 Å². The maximum atomic E-state index is 12.9. The van der Waals surface area contributed by atoms with Gasteiger partial charge in [0, 0.05) is 55.6 Å². The van der Waals surface area contributed by atoms with E-state index in [0.717, 1.165) is 59.4 Å². The number of fused-ring (bicyclic) bond motifs is 2. The number of aromatic nitrogens is 3. The second kappa shape index (κ2) is 7.72. The number of H-pyrrole nitrogens is 2. The van der Waals surface area contributed by atoms with Gasteiger partial charge in [-0.2, -0.15) is 0 Å². The van der Waals surface area contributed by atoms with E-state index in [-0.39, 0.29) is 17.4 Å². The lowest BCUT2D eigenvalue weighted by molar-refractivity contribution is -0.131. The van der Waals surface area contributed by atoms with Crippen molar-refractivity contribution in [1.82, 2.24) is 24.8 Å². The van der Waals surface area contributed by atoms with Gasteiger partial charge >= 0.3 is 0 Å². The number of carbonyl (C=O) groups excluding carboxylic acids is 1. The molecule has 0 saturated carbocycles. The molecule has 0 aliphatic carbocycles. The summed E-state index contributed by atoms with van der Waals surface area (Å²) in [4.78, 5) is 40.6. The van der Waals surface area contributed by atoms with Gasteiger partial charge in [0.25, 0.3) is 5.56 Å². The molecule has 156 valence electrons. The molecule has 4 heterocycles. The highest BCUT2D eigenvalue weighted by Crippen LogP contribution is 2.27. The minimum atomic E-state index is -0.000563. The summed E-state index contributed by atoms with van der Waals surface area (Å²) in [5.41, 5.74) is 3.86. The number of hydrogen-bond donors (Lipinski definition) is 2. The maximum Gasteiger partial charge on any atom is 0.255 e. The minimum Gasteiger partial charge on any atom is -0.361 e. The van der Waals surface area contributed by atoms with Gasteiger partial charge in [0.05, 0.1) is 17.7 Å². The lowest BCUT2D eigenvalue weighted by atomic mass is 9.94. The van der Waals surface area contributed by atoms with Gasteiger partial charge in [-0.1, -0.05) is 18.2 Å². The zero-order chi connectivity index (χ0) is 20.7. The van der Waals surface area contributed by atoms with Crippen LogP contribution in [0.4, 0.5) is 0 Å². The summed E-state index contributed by atoms with van der Waals surface area (Å²) in [6.07, 6.45) is 4.85. The highest BCUT2D eigenvalue weighted by atomic mass is 16.2. The fraction of sp³-hybridized carbons (Fsp3) is 0.435. The third-order valence-electron chi connectivity index (χ3n) is 6.53. The van der Waals surface area contributed by atoms with E-state index in [2.05, 4.69) is 20.9 Å². The Morgan fingerprint density at radius 2 is 2.00 bits per heavy atom. The van der Waals surface area contributed by atoms with Crippen molar-refractivity contribution in [2.24, 2.45) is 0 Å². The molecule has 30 heavy (non-hydrogen) atoms. The molecule has 1 fully saturated rings. The molecule has 0 bridgehead atoms. The van der Waals surface area contributed by atoms with Crippen molar-refractivity contribution in [3.8, 4) is 0 Å². The molecule has 2 aliphatic rings. The Morgan fingerprint density at radius 1 is 1.20 bits per heavy atom. The van der Waals surface area contributed by atoms with Crippen LogP contribution in [0.5, 0.6) is 0 Å². The fourth-order valence-corrected chi connectivity index (χ4v) is 4.73. The number of likely N-dealkylation sites (tertiary alicyclic amines) is 1. The highest BCUT2D eigenvalue weighted by molar-refractivity contribution is 5.88. The molecule has 0 spiro atoms. The Kier molecular flexibility index (Phi) is 4.90. The van der Waals surface area contributed by atoms with Crippen molar-refractivity contribution in [3.63, 3.8) is 0 Å². The predicted octanol–water partition coefficient (Wildman–Crippen LogP) is 2.19. The number of benzene rings is 1. The number of hydrogen-bond acceptors (Lipinski definition) is 4. The van der Waals surface area contributed by atoms with Crippen molar-refractivity contribution in [2.45, 2.75) is 38.1 Å². The van der Waals surface area contributed by atoms with Crippen LogP contribution in [0.25, 0.3) is 10.9 Å². The van der Waals surface area contributed by atoms with E-state index in [9.17, 15) is 9.59 Å². The van der Waals surface area contributed by atoms with Gasteiger partial charge < -0.3 is 19.8 Å². The van der Waals surface area contributed by atoms with Crippen LogP contribution in [0.1, 0.15) is 41.4 Å². The molecule has 0 atom stereocenters. The van der Waals surface area contributed by atoms with Crippen LogP contribution in [0, 0.1) is 0 Å². The topological polar surface area (TPSA) is 85.1 Å². The number of piperidine rings is 1. The van der Waals surface area contributed by atoms with Crippen molar-refractivity contribution in [1.29, 1.82) is 0 Å². The molecule has 1 aromatic carbocycles. The molecule has 7 heteroatoms. The van der Waals surface area contributed by atoms with Crippen molar-refractivity contribution in [3.05, 3.63) is 63.5 Å². The molecule has 0 radical (unpaired) electrons. The Bertz CT molecular complexity index is 1140. The highest BCUT2D eigenvalue weighted by Gasteiger charge is 2.27. The molecule has 3 aromatic rings. The molecule has 2 aromatic heterocycles. The van der Waals surface area contributed by atoms with Gasteiger partial charge in [-0.05, 0) is 31.5 Å². The zero-order valence-electron chi connectivity index (χ0n) is 17.3. The molecule has 1 saturated heterocycles. The molecule has 0 unspecified atom stereocenters. The van der Waals surface area contributed by atoms with Crippen LogP contribution < -0.4 is 5.56 Å². The van der Waals surface area contributed by atoms with Crippen LogP contribution in [-0.2, 0) is 24.2 Å². The van der Waals surface area contributed by atoms with Gasteiger partial charge in [0.15, 0.2) is 0 Å². The van der Waals surface area contributed by atoms with Crippen LogP contribution >= 0.6 is 0 Å².